The van der Waals surface area contributed by atoms with Crippen molar-refractivity contribution in [1.29, 1.82) is 0 Å². The lowest BCUT2D eigenvalue weighted by molar-refractivity contribution is 0.591. The highest BCUT2D eigenvalue weighted by molar-refractivity contribution is 6.42. The van der Waals surface area contributed by atoms with E-state index in [2.05, 4.69) is 15.4 Å². The maximum absolute atomic E-state index is 8.50. The molecule has 0 bridgehead atoms. The Morgan fingerprint density at radius 2 is 2.00 bits per heavy atom. The molecule has 2 aromatic carbocycles. The van der Waals surface area contributed by atoms with Crippen LogP contribution in [0.3, 0.4) is 0 Å². The van der Waals surface area contributed by atoms with Crippen LogP contribution in [0.25, 0.3) is 16.8 Å². The molecule has 1 N–H and O–H groups in total. The quantitative estimate of drug-likeness (QED) is 0.517. The Morgan fingerprint density at radius 3 is 2.89 bits per heavy atom. The van der Waals surface area contributed by atoms with Crippen molar-refractivity contribution < 1.29 is 4.11 Å². The summed E-state index contributed by atoms with van der Waals surface area (Å²) in [5.41, 5.74) is 4.63. The first-order valence-electron chi connectivity index (χ1n) is 10.0. The molecule has 1 aliphatic heterocycles. The van der Waals surface area contributed by atoms with Crippen LogP contribution in [-0.4, -0.2) is 21.1 Å². The molecule has 1 aliphatic rings. The maximum Gasteiger partial charge on any atom is 0.155 e. The monoisotopic (exact) mass is 401 g/mol. The average molecular weight is 402 g/mol. The number of nitrogens with one attached hydrogen (secondary N) is 1. The Kier molecular flexibility index (Phi) is 3.38. The number of hydrogen-bond acceptors (Lipinski definition) is 3. The second kappa shape index (κ2) is 6.64. The SMILES string of the molecule is [2H]c1c(-c2ccc3c(c2)CNCC3c2ccc(Cl)c(Cl)c2)[13c]([2H])[15n]2nc[15n][13c]2c1[2H]. The molecule has 0 radical (unpaired) electrons. The van der Waals surface area contributed by atoms with Gasteiger partial charge >= 0.3 is 0 Å². The fraction of sp³-hybridized carbons (Fsp3) is 0.143. The van der Waals surface area contributed by atoms with Crippen LogP contribution < -0.4 is 5.32 Å². The second-order valence-electron chi connectivity index (χ2n) is 6.50. The van der Waals surface area contributed by atoms with Gasteiger partial charge in [-0.15, -0.1) is 0 Å². The number of fused-ring (bicyclic) bond motifs is 2. The Hall–Kier alpha value is -2.40. The highest BCUT2D eigenvalue weighted by Gasteiger charge is 2.22. The smallest absolute Gasteiger partial charge is 0.155 e. The van der Waals surface area contributed by atoms with Crippen LogP contribution in [0, 0.1) is 0 Å². The number of pyridine rings is 1. The lowest BCUT2D eigenvalue weighted by Crippen LogP contribution is -2.28. The normalized spacial score (nSPS) is 18.0. The van der Waals surface area contributed by atoms with Crippen LogP contribution in [0.15, 0.2) is 61.0 Å². The molecule has 0 fully saturated rings. The van der Waals surface area contributed by atoms with E-state index in [0.717, 1.165) is 17.7 Å². The molecule has 134 valence electrons. The minimum atomic E-state index is -0.0389. The average Bonchev–Trinajstić information content (AvgIpc) is 3.24. The van der Waals surface area contributed by atoms with Gasteiger partial charge in [-0.25, -0.2) is 9.50 Å². The Morgan fingerprint density at radius 1 is 1.07 bits per heavy atom. The summed E-state index contributed by atoms with van der Waals surface area (Å²) in [5, 5.41) is 8.53. The molecule has 5 rings (SSSR count). The van der Waals surface area contributed by atoms with Crippen LogP contribution in [0.4, 0.5) is 0 Å². The van der Waals surface area contributed by atoms with Gasteiger partial charge in [-0.2, -0.15) is 5.10 Å². The molecule has 1 atom stereocenters. The van der Waals surface area contributed by atoms with Crippen molar-refractivity contribution in [2.45, 2.75) is 12.5 Å². The lowest BCUT2D eigenvalue weighted by Gasteiger charge is -2.27. The van der Waals surface area contributed by atoms with E-state index in [0.29, 0.717) is 27.7 Å². The number of benzene rings is 2. The Bertz CT molecular complexity index is 1310. The standard InChI is InChI=1S/C21H16Cl2N4/c22-19-5-2-14(8-20(19)23)18-10-24-9-16-7-13(1-4-17(16)18)15-3-6-21-25-12-26-27(21)11-15/h1-8,11-12,18,24H,9-10H2/i3D,6D,11+1D,21+1,25+1,27+1. The number of hydrogen-bond donors (Lipinski definition) is 1. The largest absolute Gasteiger partial charge is 0.312 e. The van der Waals surface area contributed by atoms with Crippen molar-refractivity contribution in [3.8, 4) is 11.1 Å². The second-order valence-corrected chi connectivity index (χ2v) is 7.32. The van der Waals surface area contributed by atoms with Gasteiger partial charge in [-0.1, -0.05) is 41.4 Å². The Labute approximate surface area is 171 Å². The van der Waals surface area contributed by atoms with Crippen LogP contribution in [0.5, 0.6) is 0 Å². The highest BCUT2D eigenvalue weighted by atomic mass is 35.5. The van der Waals surface area contributed by atoms with Gasteiger partial charge in [-0.3, -0.25) is 0 Å². The molecule has 1 unspecified atom stereocenters. The van der Waals surface area contributed by atoms with Crippen LogP contribution in [0.2, 0.25) is 10.0 Å². The first-order chi connectivity index (χ1) is 14.5. The minimum Gasteiger partial charge on any atom is -0.312 e. The summed E-state index contributed by atoms with van der Waals surface area (Å²) < 4.78 is 26.5. The summed E-state index contributed by atoms with van der Waals surface area (Å²) in [5.74, 6) is 0.119. The van der Waals surface area contributed by atoms with Gasteiger partial charge in [0.2, 0.25) is 0 Å². The first-order valence-corrected chi connectivity index (χ1v) is 9.29. The van der Waals surface area contributed by atoms with Crippen molar-refractivity contribution in [2.24, 2.45) is 0 Å². The summed E-state index contributed by atoms with van der Waals surface area (Å²) in [6, 6.07) is 11.6. The molecule has 3 heterocycles. The van der Waals surface area contributed by atoms with E-state index in [9.17, 15) is 0 Å². The van der Waals surface area contributed by atoms with E-state index in [4.69, 9.17) is 27.3 Å². The lowest BCUT2D eigenvalue weighted by atomic mass is 9.84. The van der Waals surface area contributed by atoms with Gasteiger partial charge in [0.15, 0.2) is 5.65 Å². The molecule has 0 saturated heterocycles. The summed E-state index contributed by atoms with van der Waals surface area (Å²) in [6.07, 6.45) is 1.35. The molecule has 0 aliphatic carbocycles. The van der Waals surface area contributed by atoms with Crippen molar-refractivity contribution >= 4 is 28.8 Å². The zero-order valence-corrected chi connectivity index (χ0v) is 15.6. The van der Waals surface area contributed by atoms with Crippen LogP contribution in [0.1, 0.15) is 26.7 Å². The molecule has 27 heavy (non-hydrogen) atoms. The van der Waals surface area contributed by atoms with Gasteiger partial charge in [0.05, 0.1) is 14.2 Å². The van der Waals surface area contributed by atoms with Crippen molar-refractivity contribution in [2.75, 3.05) is 6.54 Å². The minimum absolute atomic E-state index is 0.0229. The summed E-state index contributed by atoms with van der Waals surface area (Å²) in [6.45, 7) is 1.46. The van der Waals surface area contributed by atoms with Crippen molar-refractivity contribution in [3.05, 3.63) is 87.7 Å². The molecule has 6 heteroatoms. The number of aromatic nitrogens is 3. The van der Waals surface area contributed by atoms with Gasteiger partial charge < -0.3 is 5.32 Å². The van der Waals surface area contributed by atoms with E-state index in [1.54, 1.807) is 0 Å². The van der Waals surface area contributed by atoms with Crippen LogP contribution >= 0.6 is 23.2 Å². The molecule has 4 aromatic rings. The van der Waals surface area contributed by atoms with Gasteiger partial charge in [0.25, 0.3) is 0 Å². The molecule has 0 saturated carbocycles. The molecular weight excluding hydrogens is 383 g/mol. The molecule has 0 amide bonds. The maximum atomic E-state index is 8.50. The van der Waals surface area contributed by atoms with Crippen molar-refractivity contribution in [1.82, 2.24) is 19.9 Å². The van der Waals surface area contributed by atoms with E-state index in [1.165, 1.54) is 16.4 Å². The number of rotatable bonds is 2. The van der Waals surface area contributed by atoms with Gasteiger partial charge in [-0.05, 0) is 52.5 Å². The van der Waals surface area contributed by atoms with E-state index < -0.39 is 0 Å². The third-order valence-electron chi connectivity index (χ3n) is 4.88. The van der Waals surface area contributed by atoms with E-state index in [-0.39, 0.29) is 29.8 Å². The third kappa shape index (κ3) is 3.00. The molecular formula is C21H16Cl2N4. The predicted octanol–water partition coefficient (Wildman–Crippen LogP) is 4.94. The van der Waals surface area contributed by atoms with Gasteiger partial charge in [0, 0.05) is 30.7 Å². The topological polar surface area (TPSA) is 42.2 Å². The highest BCUT2D eigenvalue weighted by Crippen LogP contribution is 2.35. The summed E-state index contributed by atoms with van der Waals surface area (Å²) >= 11 is 12.3. The molecule has 4 nitrogen and oxygen atoms in total. The molecule has 0 spiro atoms. The molecule has 2 aromatic heterocycles. The third-order valence-corrected chi connectivity index (χ3v) is 5.62. The zero-order chi connectivity index (χ0) is 21.0. The Balaban J connectivity index is 1.63. The number of nitrogens with zero attached hydrogens (tertiary/aromatic N) is 3. The number of halogens is 2. The van der Waals surface area contributed by atoms with E-state index in [1.807, 2.05) is 36.4 Å². The van der Waals surface area contributed by atoms with Gasteiger partial charge in [0.1, 0.15) is 6.33 Å². The van der Waals surface area contributed by atoms with E-state index >= 15 is 0 Å². The fourth-order valence-corrected chi connectivity index (χ4v) is 3.85. The first kappa shape index (κ1) is 13.7. The zero-order valence-electron chi connectivity index (χ0n) is 17.1. The summed E-state index contributed by atoms with van der Waals surface area (Å²) in [4.78, 5) is 4.00. The van der Waals surface area contributed by atoms with Crippen molar-refractivity contribution in [3.63, 3.8) is 0 Å². The fourth-order valence-electron chi connectivity index (χ4n) is 3.54. The summed E-state index contributed by atoms with van der Waals surface area (Å²) in [7, 11) is 0. The van der Waals surface area contributed by atoms with Crippen LogP contribution in [-0.2, 0) is 6.54 Å². The predicted molar refractivity (Wildman–Crippen MR) is 108 cm³/mol.